The zero-order chi connectivity index (χ0) is 28.9. The summed E-state index contributed by atoms with van der Waals surface area (Å²) in [6, 6.07) is 14.8. The van der Waals surface area contributed by atoms with Gasteiger partial charge in [0, 0.05) is 6.54 Å². The van der Waals surface area contributed by atoms with Crippen LogP contribution in [0.1, 0.15) is 70.7 Å². The lowest BCUT2D eigenvalue weighted by Gasteiger charge is -2.46. The fraction of sp³-hybridized carbons (Fsp3) is 0.531. The zero-order valence-corrected chi connectivity index (χ0v) is 24.2. The second-order valence-electron chi connectivity index (χ2n) is 11.5. The van der Waals surface area contributed by atoms with Crippen LogP contribution in [0.5, 0.6) is 5.75 Å². The molecule has 0 radical (unpaired) electrons. The second kappa shape index (κ2) is 12.7. The first kappa shape index (κ1) is 29.4. The number of ether oxygens (including phenoxy) is 4. The standard InChI is InChI=1S/C32H41NO7/c1-6-37-29(34)26-16-14-22(21-11-9-8-10-12-21)19-28(26)39-25-15-13-23-20-33(31(36)40-32(3,4)5)27(18-24(23)17-25)30(35)38-7-2/h8-12,14,16,19,23-25,27H,6-7,13,15,17-18,20H2,1-5H3/t23-,24+,25-,27-/m0/s1. The van der Waals surface area contributed by atoms with Crippen molar-refractivity contribution in [2.24, 2.45) is 11.8 Å². The van der Waals surface area contributed by atoms with E-state index in [0.29, 0.717) is 30.7 Å². The average Bonchev–Trinajstić information content (AvgIpc) is 2.92. The van der Waals surface area contributed by atoms with Gasteiger partial charge in [0.1, 0.15) is 23.0 Å². The Bertz CT molecular complexity index is 1190. The van der Waals surface area contributed by atoms with Crippen LogP contribution >= 0.6 is 0 Å². The first-order valence-corrected chi connectivity index (χ1v) is 14.3. The summed E-state index contributed by atoms with van der Waals surface area (Å²) in [5.41, 5.74) is 1.71. The van der Waals surface area contributed by atoms with Crippen molar-refractivity contribution in [2.45, 2.75) is 78.0 Å². The summed E-state index contributed by atoms with van der Waals surface area (Å²) in [4.78, 5) is 40.3. The molecule has 1 saturated carbocycles. The monoisotopic (exact) mass is 551 g/mol. The van der Waals surface area contributed by atoms with Crippen molar-refractivity contribution in [1.29, 1.82) is 0 Å². The van der Waals surface area contributed by atoms with Crippen molar-refractivity contribution in [3.05, 3.63) is 54.1 Å². The van der Waals surface area contributed by atoms with Gasteiger partial charge in [-0.3, -0.25) is 4.90 Å². The predicted octanol–water partition coefficient (Wildman–Crippen LogP) is 6.27. The number of carbonyl (C=O) groups excluding carboxylic acids is 3. The normalized spacial score (nSPS) is 22.6. The molecule has 1 heterocycles. The van der Waals surface area contributed by atoms with Gasteiger partial charge in [0.25, 0.3) is 0 Å². The number of hydrogen-bond acceptors (Lipinski definition) is 7. The van der Waals surface area contributed by atoms with E-state index in [1.165, 1.54) is 0 Å². The number of amides is 1. The lowest BCUT2D eigenvalue weighted by Crippen LogP contribution is -2.56. The summed E-state index contributed by atoms with van der Waals surface area (Å²) >= 11 is 0. The Morgan fingerprint density at radius 1 is 0.875 bits per heavy atom. The lowest BCUT2D eigenvalue weighted by atomic mass is 9.72. The molecule has 1 aliphatic carbocycles. The highest BCUT2D eigenvalue weighted by Crippen LogP contribution is 2.41. The average molecular weight is 552 g/mol. The first-order chi connectivity index (χ1) is 19.1. The minimum Gasteiger partial charge on any atom is -0.489 e. The smallest absolute Gasteiger partial charge is 0.411 e. The van der Waals surface area contributed by atoms with Gasteiger partial charge < -0.3 is 18.9 Å². The molecule has 8 nitrogen and oxygen atoms in total. The van der Waals surface area contributed by atoms with E-state index in [4.69, 9.17) is 18.9 Å². The van der Waals surface area contributed by atoms with Crippen LogP contribution in [0, 0.1) is 11.8 Å². The molecule has 216 valence electrons. The Hall–Kier alpha value is -3.55. The maximum atomic E-state index is 13.0. The van der Waals surface area contributed by atoms with Gasteiger partial charge in [-0.05, 0) is 95.4 Å². The number of nitrogens with zero attached hydrogens (tertiary/aromatic N) is 1. The quantitative estimate of drug-likeness (QED) is 0.296. The molecule has 1 aliphatic heterocycles. The van der Waals surface area contributed by atoms with E-state index >= 15 is 0 Å². The molecule has 40 heavy (non-hydrogen) atoms. The van der Waals surface area contributed by atoms with Crippen LogP contribution in [0.2, 0.25) is 0 Å². The van der Waals surface area contributed by atoms with Crippen molar-refractivity contribution >= 4 is 18.0 Å². The van der Waals surface area contributed by atoms with E-state index in [9.17, 15) is 14.4 Å². The van der Waals surface area contributed by atoms with Gasteiger partial charge in [-0.15, -0.1) is 0 Å². The molecule has 1 amide bonds. The second-order valence-corrected chi connectivity index (χ2v) is 11.5. The number of benzene rings is 2. The topological polar surface area (TPSA) is 91.4 Å². The highest BCUT2D eigenvalue weighted by Gasteiger charge is 2.46. The van der Waals surface area contributed by atoms with Gasteiger partial charge >= 0.3 is 18.0 Å². The Labute approximate surface area is 236 Å². The Morgan fingerprint density at radius 3 is 2.27 bits per heavy atom. The summed E-state index contributed by atoms with van der Waals surface area (Å²) in [5.74, 6) is 0.0543. The fourth-order valence-corrected chi connectivity index (χ4v) is 5.68. The zero-order valence-electron chi connectivity index (χ0n) is 24.2. The molecule has 4 rings (SSSR count). The van der Waals surface area contributed by atoms with Gasteiger partial charge in [0.05, 0.1) is 19.3 Å². The van der Waals surface area contributed by atoms with Crippen LogP contribution in [0.25, 0.3) is 11.1 Å². The molecule has 0 N–H and O–H groups in total. The number of rotatable bonds is 7. The Balaban J connectivity index is 1.54. The maximum Gasteiger partial charge on any atom is 0.411 e. The first-order valence-electron chi connectivity index (χ1n) is 14.3. The third-order valence-corrected chi connectivity index (χ3v) is 7.49. The molecular formula is C32H41NO7. The summed E-state index contributed by atoms with van der Waals surface area (Å²) < 4.78 is 22.8. The molecule has 1 saturated heterocycles. The van der Waals surface area contributed by atoms with Gasteiger partial charge in [0.15, 0.2) is 0 Å². The molecule has 2 aromatic rings. The van der Waals surface area contributed by atoms with Crippen molar-refractivity contribution in [3.63, 3.8) is 0 Å². The van der Waals surface area contributed by atoms with Crippen LogP contribution in [0.4, 0.5) is 4.79 Å². The molecule has 2 fully saturated rings. The third-order valence-electron chi connectivity index (χ3n) is 7.49. The molecule has 2 aromatic carbocycles. The highest BCUT2D eigenvalue weighted by molar-refractivity contribution is 5.93. The number of fused-ring (bicyclic) bond motifs is 1. The number of carbonyl (C=O) groups is 3. The third kappa shape index (κ3) is 7.14. The van der Waals surface area contributed by atoms with Crippen LogP contribution in [0.15, 0.2) is 48.5 Å². The molecule has 0 bridgehead atoms. The minimum absolute atomic E-state index is 0.142. The van der Waals surface area contributed by atoms with Crippen molar-refractivity contribution in [2.75, 3.05) is 19.8 Å². The van der Waals surface area contributed by atoms with Crippen molar-refractivity contribution in [1.82, 2.24) is 4.90 Å². The van der Waals surface area contributed by atoms with Gasteiger partial charge in [0.2, 0.25) is 0 Å². The lowest BCUT2D eigenvalue weighted by molar-refractivity contribution is -0.153. The minimum atomic E-state index is -0.702. The highest BCUT2D eigenvalue weighted by atomic mass is 16.6. The molecule has 2 aliphatic rings. The van der Waals surface area contributed by atoms with E-state index in [0.717, 1.165) is 24.0 Å². The number of hydrogen-bond donors (Lipinski definition) is 0. The van der Waals surface area contributed by atoms with E-state index in [1.54, 1.807) is 24.8 Å². The van der Waals surface area contributed by atoms with Crippen LogP contribution in [0.3, 0.4) is 0 Å². The van der Waals surface area contributed by atoms with Gasteiger partial charge in [-0.1, -0.05) is 36.4 Å². The fourth-order valence-electron chi connectivity index (χ4n) is 5.68. The van der Waals surface area contributed by atoms with Crippen molar-refractivity contribution in [3.8, 4) is 16.9 Å². The largest absolute Gasteiger partial charge is 0.489 e. The molecule has 0 unspecified atom stereocenters. The molecule has 8 heteroatoms. The van der Waals surface area contributed by atoms with E-state index < -0.39 is 29.7 Å². The Morgan fingerprint density at radius 2 is 1.60 bits per heavy atom. The SMILES string of the molecule is CCOC(=O)c1ccc(-c2ccccc2)cc1O[C@H]1CC[C@H]2CN(C(=O)OC(C)(C)C)[C@H](C(=O)OCC)C[C@H]2C1. The molecule has 4 atom stereocenters. The number of likely N-dealkylation sites (tertiary alicyclic amines) is 1. The van der Waals surface area contributed by atoms with E-state index in [1.807, 2.05) is 63.2 Å². The molecule has 0 spiro atoms. The molecular weight excluding hydrogens is 510 g/mol. The summed E-state index contributed by atoms with van der Waals surface area (Å²) in [5, 5.41) is 0. The maximum absolute atomic E-state index is 13.0. The predicted molar refractivity (Wildman–Crippen MR) is 151 cm³/mol. The Kier molecular flexibility index (Phi) is 9.38. The number of piperidine rings is 1. The number of esters is 2. The van der Waals surface area contributed by atoms with Crippen LogP contribution in [-0.4, -0.2) is 60.4 Å². The summed E-state index contributed by atoms with van der Waals surface area (Å²) in [7, 11) is 0. The van der Waals surface area contributed by atoms with Gasteiger partial charge in [-0.25, -0.2) is 14.4 Å². The van der Waals surface area contributed by atoms with Crippen LogP contribution < -0.4 is 4.74 Å². The summed E-state index contributed by atoms with van der Waals surface area (Å²) in [6.07, 6.45) is 2.16. The van der Waals surface area contributed by atoms with Gasteiger partial charge in [-0.2, -0.15) is 0 Å². The van der Waals surface area contributed by atoms with Crippen molar-refractivity contribution < 1.29 is 33.3 Å². The van der Waals surface area contributed by atoms with E-state index in [-0.39, 0.29) is 31.2 Å². The molecule has 0 aromatic heterocycles. The van der Waals surface area contributed by atoms with Crippen LogP contribution in [-0.2, 0) is 19.0 Å². The summed E-state index contributed by atoms with van der Waals surface area (Å²) in [6.45, 7) is 9.94. The van der Waals surface area contributed by atoms with E-state index in [2.05, 4.69) is 0 Å².